The lowest BCUT2D eigenvalue weighted by molar-refractivity contribution is -0.0561. The summed E-state index contributed by atoms with van der Waals surface area (Å²) >= 11 is 0. The maximum atomic E-state index is 9.83. The Hall–Kier alpha value is -0.120. The quantitative estimate of drug-likeness (QED) is 0.656. The molecule has 3 heteroatoms. The minimum atomic E-state index is -0.171. The van der Waals surface area contributed by atoms with Gasteiger partial charge in [0.25, 0.3) is 0 Å². The Morgan fingerprint density at radius 2 is 2.23 bits per heavy atom. The normalized spacial score (nSPS) is 43.8. The van der Waals surface area contributed by atoms with Gasteiger partial charge in [-0.25, -0.2) is 0 Å². The van der Waals surface area contributed by atoms with E-state index < -0.39 is 0 Å². The molecule has 0 amide bonds. The van der Waals surface area contributed by atoms with Gasteiger partial charge in [-0.2, -0.15) is 0 Å². The zero-order chi connectivity index (χ0) is 9.64. The topological polar surface area (TPSA) is 32.7 Å². The number of nitrogens with zero attached hydrogens (tertiary/aromatic N) is 1. The van der Waals surface area contributed by atoms with Crippen LogP contribution in [0.3, 0.4) is 0 Å². The molecule has 0 aliphatic carbocycles. The molecule has 76 valence electrons. The molecule has 2 rings (SSSR count). The Bertz CT molecular complexity index is 205. The van der Waals surface area contributed by atoms with Crippen LogP contribution in [0.1, 0.15) is 27.2 Å². The third kappa shape index (κ3) is 1.30. The van der Waals surface area contributed by atoms with E-state index in [1.807, 2.05) is 0 Å². The summed E-state index contributed by atoms with van der Waals surface area (Å²) < 4.78 is 5.70. The molecule has 3 atom stereocenters. The monoisotopic (exact) mass is 185 g/mol. The number of aliphatic hydroxyl groups excluding tert-OH is 1. The van der Waals surface area contributed by atoms with Crippen LogP contribution in [0.5, 0.6) is 0 Å². The highest BCUT2D eigenvalue weighted by Crippen LogP contribution is 2.38. The molecule has 2 fully saturated rings. The largest absolute Gasteiger partial charge is 0.391 e. The van der Waals surface area contributed by atoms with Crippen molar-refractivity contribution in [2.45, 2.75) is 45.1 Å². The zero-order valence-corrected chi connectivity index (χ0v) is 8.66. The van der Waals surface area contributed by atoms with Gasteiger partial charge in [0.1, 0.15) is 5.72 Å². The van der Waals surface area contributed by atoms with E-state index in [-0.39, 0.29) is 11.8 Å². The van der Waals surface area contributed by atoms with Crippen LogP contribution < -0.4 is 0 Å². The Kier molecular flexibility index (Phi) is 2.13. The van der Waals surface area contributed by atoms with Crippen molar-refractivity contribution in [3.8, 4) is 0 Å². The van der Waals surface area contributed by atoms with E-state index in [4.69, 9.17) is 4.74 Å². The summed E-state index contributed by atoms with van der Waals surface area (Å²) in [4.78, 5) is 2.30. The van der Waals surface area contributed by atoms with Crippen molar-refractivity contribution in [3.63, 3.8) is 0 Å². The van der Waals surface area contributed by atoms with Crippen LogP contribution >= 0.6 is 0 Å². The van der Waals surface area contributed by atoms with E-state index in [0.717, 1.165) is 19.6 Å². The third-order valence-electron chi connectivity index (χ3n) is 3.54. The van der Waals surface area contributed by atoms with E-state index in [1.54, 1.807) is 0 Å². The summed E-state index contributed by atoms with van der Waals surface area (Å²) in [7, 11) is 0. The van der Waals surface area contributed by atoms with Crippen LogP contribution in [0.15, 0.2) is 0 Å². The first kappa shape index (κ1) is 9.44. The molecule has 0 aromatic rings. The fourth-order valence-electron chi connectivity index (χ4n) is 2.71. The maximum Gasteiger partial charge on any atom is 0.116 e. The number of fused-ring (bicyclic) bond motifs is 1. The second-order valence-electron chi connectivity index (χ2n) is 4.62. The van der Waals surface area contributed by atoms with E-state index in [9.17, 15) is 5.11 Å². The van der Waals surface area contributed by atoms with Crippen LogP contribution in [0, 0.1) is 5.92 Å². The second kappa shape index (κ2) is 2.94. The van der Waals surface area contributed by atoms with Gasteiger partial charge in [-0.3, -0.25) is 4.90 Å². The molecule has 1 N–H and O–H groups in total. The summed E-state index contributed by atoms with van der Waals surface area (Å²) in [5.41, 5.74) is -0.171. The number of ether oxygens (including phenoxy) is 1. The maximum absolute atomic E-state index is 9.83. The second-order valence-corrected chi connectivity index (χ2v) is 4.62. The smallest absolute Gasteiger partial charge is 0.116 e. The number of hydrogen-bond donors (Lipinski definition) is 1. The molecule has 0 radical (unpaired) electrons. The molecule has 0 bridgehead atoms. The van der Waals surface area contributed by atoms with Crippen molar-refractivity contribution in [1.82, 2.24) is 4.90 Å². The van der Waals surface area contributed by atoms with Crippen LogP contribution in [-0.2, 0) is 4.74 Å². The summed E-state index contributed by atoms with van der Waals surface area (Å²) in [5, 5.41) is 9.83. The molecule has 0 aromatic heterocycles. The van der Waals surface area contributed by atoms with Crippen LogP contribution in [0.2, 0.25) is 0 Å². The molecular weight excluding hydrogens is 166 g/mol. The highest BCUT2D eigenvalue weighted by atomic mass is 16.5. The van der Waals surface area contributed by atoms with Gasteiger partial charge in [-0.1, -0.05) is 6.92 Å². The van der Waals surface area contributed by atoms with Gasteiger partial charge in [0.2, 0.25) is 0 Å². The first-order valence-corrected chi connectivity index (χ1v) is 5.15. The average molecular weight is 185 g/mol. The predicted octanol–water partition coefficient (Wildman–Crippen LogP) is 0.824. The summed E-state index contributed by atoms with van der Waals surface area (Å²) in [6.07, 6.45) is 0.889. The van der Waals surface area contributed by atoms with Gasteiger partial charge in [-0.15, -0.1) is 0 Å². The highest BCUT2D eigenvalue weighted by molar-refractivity contribution is 4.99. The van der Waals surface area contributed by atoms with Crippen molar-refractivity contribution in [2.24, 2.45) is 5.92 Å². The average Bonchev–Trinajstić information content (AvgIpc) is 2.50. The summed E-state index contributed by atoms with van der Waals surface area (Å²) in [6.45, 7) is 7.86. The Balaban J connectivity index is 2.17. The van der Waals surface area contributed by atoms with Crippen molar-refractivity contribution < 1.29 is 9.84 Å². The summed E-state index contributed by atoms with van der Waals surface area (Å²) in [6, 6.07) is 0.440. The fourth-order valence-corrected chi connectivity index (χ4v) is 2.71. The van der Waals surface area contributed by atoms with E-state index in [2.05, 4.69) is 25.7 Å². The predicted molar refractivity (Wildman–Crippen MR) is 50.3 cm³/mol. The molecular formula is C10H19NO2. The Labute approximate surface area is 79.7 Å². The molecule has 2 saturated heterocycles. The van der Waals surface area contributed by atoms with Crippen LogP contribution in [0.25, 0.3) is 0 Å². The van der Waals surface area contributed by atoms with Crippen molar-refractivity contribution >= 4 is 0 Å². The lowest BCUT2D eigenvalue weighted by atomic mass is 9.96. The SMILES string of the molecule is CC[C@@H]1C(O)CN2[C@@H]1COC2(C)C. The molecule has 2 heterocycles. The fraction of sp³-hybridized carbons (Fsp3) is 1.00. The molecule has 2 aliphatic rings. The van der Waals surface area contributed by atoms with Crippen molar-refractivity contribution in [2.75, 3.05) is 13.2 Å². The van der Waals surface area contributed by atoms with Gasteiger partial charge in [0, 0.05) is 18.5 Å². The zero-order valence-electron chi connectivity index (χ0n) is 8.66. The Morgan fingerprint density at radius 1 is 1.54 bits per heavy atom. The first-order valence-electron chi connectivity index (χ1n) is 5.15. The van der Waals surface area contributed by atoms with Gasteiger partial charge in [0.05, 0.1) is 12.7 Å². The molecule has 0 aromatic carbocycles. The van der Waals surface area contributed by atoms with E-state index >= 15 is 0 Å². The number of aliphatic hydroxyl groups is 1. The summed E-state index contributed by atoms with van der Waals surface area (Å²) in [5.74, 6) is 0.404. The lowest BCUT2D eigenvalue weighted by Crippen LogP contribution is -2.41. The van der Waals surface area contributed by atoms with Crippen molar-refractivity contribution in [1.29, 1.82) is 0 Å². The lowest BCUT2D eigenvalue weighted by Gasteiger charge is -2.29. The minimum absolute atomic E-state index is 0.154. The van der Waals surface area contributed by atoms with Crippen molar-refractivity contribution in [3.05, 3.63) is 0 Å². The standard InChI is InChI=1S/C10H19NO2/c1-4-7-8-6-13-10(2,3)11(8)5-9(7)12/h7-9,12H,4-6H2,1-3H3/t7-,8+,9?/m0/s1. The van der Waals surface area contributed by atoms with E-state index in [0.29, 0.717) is 12.0 Å². The molecule has 2 aliphatic heterocycles. The number of hydrogen-bond acceptors (Lipinski definition) is 3. The Morgan fingerprint density at radius 3 is 2.85 bits per heavy atom. The van der Waals surface area contributed by atoms with E-state index in [1.165, 1.54) is 0 Å². The van der Waals surface area contributed by atoms with Gasteiger partial charge >= 0.3 is 0 Å². The van der Waals surface area contributed by atoms with Crippen LogP contribution in [0.4, 0.5) is 0 Å². The highest BCUT2D eigenvalue weighted by Gasteiger charge is 2.50. The molecule has 3 nitrogen and oxygen atoms in total. The first-order chi connectivity index (χ1) is 6.06. The molecule has 0 spiro atoms. The molecule has 1 unspecified atom stereocenters. The number of rotatable bonds is 1. The minimum Gasteiger partial charge on any atom is -0.391 e. The third-order valence-corrected chi connectivity index (χ3v) is 3.54. The van der Waals surface area contributed by atoms with Crippen LogP contribution in [-0.4, -0.2) is 41.0 Å². The molecule has 0 saturated carbocycles. The molecule has 13 heavy (non-hydrogen) atoms. The van der Waals surface area contributed by atoms with Gasteiger partial charge in [0.15, 0.2) is 0 Å². The van der Waals surface area contributed by atoms with Gasteiger partial charge in [-0.05, 0) is 20.3 Å². The van der Waals surface area contributed by atoms with Gasteiger partial charge < -0.3 is 9.84 Å².